The van der Waals surface area contributed by atoms with Crippen molar-refractivity contribution in [3.63, 3.8) is 0 Å². The summed E-state index contributed by atoms with van der Waals surface area (Å²) in [5.41, 5.74) is 0.596. The Kier molecular flexibility index (Phi) is 4.88. The maximum atomic E-state index is 12.6. The third-order valence-corrected chi connectivity index (χ3v) is 2.23. The van der Waals surface area contributed by atoms with Gasteiger partial charge in [-0.2, -0.15) is 0 Å². The normalized spacial score (nSPS) is 11.3. The van der Waals surface area contributed by atoms with Crippen LogP contribution in [0.15, 0.2) is 24.3 Å². The maximum absolute atomic E-state index is 12.6. The predicted octanol–water partition coefficient (Wildman–Crippen LogP) is 0.961. The molecule has 0 aromatic heterocycles. The summed E-state index contributed by atoms with van der Waals surface area (Å²) < 4.78 is 12.6. The van der Waals surface area contributed by atoms with Crippen LogP contribution >= 0.6 is 0 Å². The molecule has 5 heteroatoms. The van der Waals surface area contributed by atoms with Crippen LogP contribution in [0, 0.1) is 18.2 Å². The molecule has 0 saturated heterocycles. The van der Waals surface area contributed by atoms with Crippen LogP contribution in [0.3, 0.4) is 0 Å². The Morgan fingerprint density at radius 2 is 2.00 bits per heavy atom. The first-order valence-electron chi connectivity index (χ1n) is 5.23. The van der Waals surface area contributed by atoms with Gasteiger partial charge >= 0.3 is 5.97 Å². The van der Waals surface area contributed by atoms with Crippen LogP contribution in [0.5, 0.6) is 0 Å². The standard InChI is InChI=1S/C13H12FNO3/c1-2-3-11(13(17)18)15-12(16)8-9-4-6-10(14)7-5-9/h1,4-7,11H,3,8H2,(H,15,16)(H,17,18)/t11-/m1/s1. The highest BCUT2D eigenvalue weighted by atomic mass is 19.1. The first-order chi connectivity index (χ1) is 8.52. The van der Waals surface area contributed by atoms with Gasteiger partial charge in [0.2, 0.25) is 5.91 Å². The summed E-state index contributed by atoms with van der Waals surface area (Å²) in [4.78, 5) is 22.3. The van der Waals surface area contributed by atoms with Crippen molar-refractivity contribution in [2.24, 2.45) is 0 Å². The van der Waals surface area contributed by atoms with Gasteiger partial charge in [0.15, 0.2) is 0 Å². The molecule has 0 spiro atoms. The van der Waals surface area contributed by atoms with E-state index < -0.39 is 23.7 Å². The number of hydrogen-bond donors (Lipinski definition) is 2. The van der Waals surface area contributed by atoms with E-state index in [9.17, 15) is 14.0 Å². The van der Waals surface area contributed by atoms with E-state index in [1.165, 1.54) is 24.3 Å². The molecule has 0 bridgehead atoms. The van der Waals surface area contributed by atoms with Crippen LogP contribution in [0.1, 0.15) is 12.0 Å². The SMILES string of the molecule is C#CC[C@@H](NC(=O)Cc1ccc(F)cc1)C(=O)O. The number of hydrogen-bond acceptors (Lipinski definition) is 2. The molecule has 1 rings (SSSR count). The third kappa shape index (κ3) is 4.26. The maximum Gasteiger partial charge on any atom is 0.327 e. The number of carboxylic acid groups (broad SMARTS) is 1. The zero-order valence-electron chi connectivity index (χ0n) is 9.52. The molecule has 0 fully saturated rings. The monoisotopic (exact) mass is 249 g/mol. The lowest BCUT2D eigenvalue weighted by atomic mass is 10.1. The van der Waals surface area contributed by atoms with Crippen molar-refractivity contribution < 1.29 is 19.1 Å². The number of amides is 1. The fourth-order valence-corrected chi connectivity index (χ4v) is 1.35. The van der Waals surface area contributed by atoms with Crippen LogP contribution < -0.4 is 5.32 Å². The average Bonchev–Trinajstić information content (AvgIpc) is 2.31. The highest BCUT2D eigenvalue weighted by Gasteiger charge is 2.18. The number of carbonyl (C=O) groups excluding carboxylic acids is 1. The van der Waals surface area contributed by atoms with Crippen LogP contribution in [0.25, 0.3) is 0 Å². The molecule has 0 heterocycles. The fourth-order valence-electron chi connectivity index (χ4n) is 1.35. The van der Waals surface area contributed by atoms with Crippen molar-refractivity contribution in [1.29, 1.82) is 0 Å². The zero-order chi connectivity index (χ0) is 13.5. The Morgan fingerprint density at radius 1 is 1.39 bits per heavy atom. The van der Waals surface area contributed by atoms with Crippen molar-refractivity contribution in [2.45, 2.75) is 18.9 Å². The highest BCUT2D eigenvalue weighted by Crippen LogP contribution is 2.04. The summed E-state index contributed by atoms with van der Waals surface area (Å²) in [6.45, 7) is 0. The summed E-state index contributed by atoms with van der Waals surface area (Å²) in [6.07, 6.45) is 4.91. The van der Waals surface area contributed by atoms with E-state index in [4.69, 9.17) is 11.5 Å². The van der Waals surface area contributed by atoms with Gasteiger partial charge in [0, 0.05) is 6.42 Å². The summed E-state index contributed by atoms with van der Waals surface area (Å²) in [6, 6.07) is 4.30. The summed E-state index contributed by atoms with van der Waals surface area (Å²) in [5.74, 6) is 0.139. The molecule has 0 unspecified atom stereocenters. The molecule has 0 saturated carbocycles. The van der Waals surface area contributed by atoms with E-state index >= 15 is 0 Å². The van der Waals surface area contributed by atoms with Gasteiger partial charge in [-0.25, -0.2) is 9.18 Å². The molecule has 2 N–H and O–H groups in total. The molecule has 1 amide bonds. The number of halogens is 1. The van der Waals surface area contributed by atoms with Gasteiger partial charge in [-0.15, -0.1) is 12.3 Å². The minimum Gasteiger partial charge on any atom is -0.480 e. The van der Waals surface area contributed by atoms with Crippen LogP contribution in [-0.2, 0) is 16.0 Å². The van der Waals surface area contributed by atoms with Crippen molar-refractivity contribution in [3.05, 3.63) is 35.6 Å². The number of aliphatic carboxylic acids is 1. The minimum atomic E-state index is -1.18. The van der Waals surface area contributed by atoms with Gasteiger partial charge in [-0.1, -0.05) is 12.1 Å². The lowest BCUT2D eigenvalue weighted by Crippen LogP contribution is -2.41. The van der Waals surface area contributed by atoms with Gasteiger partial charge in [0.1, 0.15) is 11.9 Å². The summed E-state index contributed by atoms with van der Waals surface area (Å²) in [5, 5.41) is 11.1. The van der Waals surface area contributed by atoms with Gasteiger partial charge < -0.3 is 10.4 Å². The summed E-state index contributed by atoms with van der Waals surface area (Å²) >= 11 is 0. The molecule has 0 radical (unpaired) electrons. The van der Waals surface area contributed by atoms with E-state index in [1.807, 2.05) is 0 Å². The van der Waals surface area contributed by atoms with E-state index in [1.54, 1.807) is 0 Å². The number of rotatable bonds is 5. The molecule has 1 atom stereocenters. The molecule has 0 aliphatic heterocycles. The Bertz CT molecular complexity index is 476. The Morgan fingerprint density at radius 3 is 2.50 bits per heavy atom. The molecule has 0 aliphatic rings. The Balaban J connectivity index is 2.58. The molecule has 94 valence electrons. The average molecular weight is 249 g/mol. The van der Waals surface area contributed by atoms with E-state index in [0.29, 0.717) is 5.56 Å². The lowest BCUT2D eigenvalue weighted by molar-refractivity contribution is -0.141. The molecule has 18 heavy (non-hydrogen) atoms. The topological polar surface area (TPSA) is 66.4 Å². The molecular formula is C13H12FNO3. The number of carboxylic acids is 1. The van der Waals surface area contributed by atoms with Crippen LogP contribution in [-0.4, -0.2) is 23.0 Å². The zero-order valence-corrected chi connectivity index (χ0v) is 9.52. The molecule has 1 aromatic rings. The Hall–Kier alpha value is -2.35. The van der Waals surface area contributed by atoms with Gasteiger partial charge in [0.05, 0.1) is 6.42 Å². The second-order valence-corrected chi connectivity index (χ2v) is 3.67. The predicted molar refractivity (Wildman–Crippen MR) is 63.1 cm³/mol. The number of benzene rings is 1. The van der Waals surface area contributed by atoms with Crippen molar-refractivity contribution in [1.82, 2.24) is 5.32 Å². The number of terminal acetylenes is 1. The Labute approximate surface area is 104 Å². The highest BCUT2D eigenvalue weighted by molar-refractivity contribution is 5.85. The van der Waals surface area contributed by atoms with E-state index in [0.717, 1.165) is 0 Å². The number of carbonyl (C=O) groups is 2. The fraction of sp³-hybridized carbons (Fsp3) is 0.231. The number of nitrogens with one attached hydrogen (secondary N) is 1. The lowest BCUT2D eigenvalue weighted by Gasteiger charge is -2.11. The first kappa shape index (κ1) is 13.7. The smallest absolute Gasteiger partial charge is 0.327 e. The quantitative estimate of drug-likeness (QED) is 0.764. The van der Waals surface area contributed by atoms with Gasteiger partial charge in [0.25, 0.3) is 0 Å². The van der Waals surface area contributed by atoms with Crippen molar-refractivity contribution >= 4 is 11.9 Å². The second kappa shape index (κ2) is 6.40. The van der Waals surface area contributed by atoms with E-state index in [2.05, 4.69) is 11.2 Å². The van der Waals surface area contributed by atoms with Gasteiger partial charge in [-0.05, 0) is 17.7 Å². The van der Waals surface area contributed by atoms with E-state index in [-0.39, 0.29) is 12.8 Å². The van der Waals surface area contributed by atoms with Crippen molar-refractivity contribution in [2.75, 3.05) is 0 Å². The molecule has 0 aliphatic carbocycles. The van der Waals surface area contributed by atoms with Gasteiger partial charge in [-0.3, -0.25) is 4.79 Å². The first-order valence-corrected chi connectivity index (χ1v) is 5.23. The minimum absolute atomic E-state index is 0.0192. The summed E-state index contributed by atoms with van der Waals surface area (Å²) in [7, 11) is 0. The van der Waals surface area contributed by atoms with Crippen LogP contribution in [0.2, 0.25) is 0 Å². The molecule has 4 nitrogen and oxygen atoms in total. The van der Waals surface area contributed by atoms with Crippen molar-refractivity contribution in [3.8, 4) is 12.3 Å². The second-order valence-electron chi connectivity index (χ2n) is 3.67. The largest absolute Gasteiger partial charge is 0.480 e. The van der Waals surface area contributed by atoms with Crippen LogP contribution in [0.4, 0.5) is 4.39 Å². The molecule has 1 aromatic carbocycles. The molecular weight excluding hydrogens is 237 g/mol. The third-order valence-electron chi connectivity index (χ3n) is 2.23.